The fraction of sp³-hybridized carbons (Fsp3) is 0.667. The van der Waals surface area contributed by atoms with Gasteiger partial charge in [-0.2, -0.15) is 0 Å². The van der Waals surface area contributed by atoms with Gasteiger partial charge in [0.25, 0.3) is 0 Å². The van der Waals surface area contributed by atoms with Crippen molar-refractivity contribution in [2.75, 3.05) is 11.4 Å². The summed E-state index contributed by atoms with van der Waals surface area (Å²) in [6.45, 7) is 7.49. The van der Waals surface area contributed by atoms with Crippen LogP contribution in [0, 0.1) is 12.8 Å². The molecule has 0 bridgehead atoms. The second-order valence-corrected chi connectivity index (χ2v) is 5.60. The van der Waals surface area contributed by atoms with Crippen LogP contribution in [-0.4, -0.2) is 22.6 Å². The molecule has 1 saturated carbocycles. The Morgan fingerprint density at radius 3 is 2.62 bits per heavy atom. The predicted octanol–water partition coefficient (Wildman–Crippen LogP) is 3.17. The first kappa shape index (κ1) is 11.8. The van der Waals surface area contributed by atoms with Gasteiger partial charge in [-0.05, 0) is 55.5 Å². The van der Waals surface area contributed by atoms with Crippen LogP contribution in [0.25, 0.3) is 0 Å². The maximum atomic E-state index is 4.52. The fourth-order valence-corrected chi connectivity index (χ4v) is 2.27. The summed E-state index contributed by atoms with van der Waals surface area (Å²) in [7, 11) is 0. The van der Waals surface area contributed by atoms with Crippen LogP contribution in [-0.2, 0) is 0 Å². The number of aryl methyl sites for hydroxylation is 1. The van der Waals surface area contributed by atoms with Crippen LogP contribution in [0.15, 0.2) is 10.7 Å². The Labute approximate surface area is 105 Å². The molecule has 0 aromatic carbocycles. The van der Waals surface area contributed by atoms with E-state index in [2.05, 4.69) is 44.6 Å². The average Bonchev–Trinajstić information content (AvgIpc) is 2.95. The molecule has 1 heterocycles. The van der Waals surface area contributed by atoms with E-state index in [4.69, 9.17) is 0 Å². The van der Waals surface area contributed by atoms with Gasteiger partial charge in [0.2, 0.25) is 0 Å². The molecule has 4 heteroatoms. The molecule has 1 fully saturated rings. The van der Waals surface area contributed by atoms with Gasteiger partial charge in [-0.15, -0.1) is 0 Å². The van der Waals surface area contributed by atoms with Crippen molar-refractivity contribution in [1.82, 2.24) is 9.97 Å². The SMILES string of the molecule is Cc1nc(Br)cc(N(CC2CC2)C(C)C)n1. The highest BCUT2D eigenvalue weighted by molar-refractivity contribution is 9.10. The van der Waals surface area contributed by atoms with Crippen LogP contribution in [0.4, 0.5) is 5.82 Å². The molecule has 88 valence electrons. The van der Waals surface area contributed by atoms with Crippen molar-refractivity contribution in [3.63, 3.8) is 0 Å². The first-order valence-corrected chi connectivity index (χ1v) is 6.63. The van der Waals surface area contributed by atoms with Gasteiger partial charge in [0, 0.05) is 18.7 Å². The lowest BCUT2D eigenvalue weighted by atomic mass is 10.2. The standard InChI is InChI=1S/C12H18BrN3/c1-8(2)16(7-10-4-5-10)12-6-11(13)14-9(3)15-12/h6,8,10H,4-5,7H2,1-3H3. The summed E-state index contributed by atoms with van der Waals surface area (Å²) in [5.41, 5.74) is 0. The first-order chi connectivity index (χ1) is 7.56. The zero-order valence-electron chi connectivity index (χ0n) is 10.1. The number of hydrogen-bond donors (Lipinski definition) is 0. The molecule has 0 atom stereocenters. The van der Waals surface area contributed by atoms with Crippen molar-refractivity contribution in [3.8, 4) is 0 Å². The summed E-state index contributed by atoms with van der Waals surface area (Å²) < 4.78 is 0.872. The van der Waals surface area contributed by atoms with Crippen molar-refractivity contribution >= 4 is 21.7 Å². The van der Waals surface area contributed by atoms with Crippen molar-refractivity contribution in [1.29, 1.82) is 0 Å². The largest absolute Gasteiger partial charge is 0.354 e. The molecule has 0 saturated heterocycles. The van der Waals surface area contributed by atoms with Crippen LogP contribution in [0.3, 0.4) is 0 Å². The van der Waals surface area contributed by atoms with Gasteiger partial charge in [-0.3, -0.25) is 0 Å². The number of aromatic nitrogens is 2. The predicted molar refractivity (Wildman–Crippen MR) is 69.7 cm³/mol. The first-order valence-electron chi connectivity index (χ1n) is 5.84. The third kappa shape index (κ3) is 2.94. The molecular formula is C12H18BrN3. The van der Waals surface area contributed by atoms with E-state index in [1.54, 1.807) is 0 Å². The summed E-state index contributed by atoms with van der Waals surface area (Å²) in [6, 6.07) is 2.50. The van der Waals surface area contributed by atoms with Gasteiger partial charge in [0.1, 0.15) is 16.2 Å². The number of rotatable bonds is 4. The molecule has 0 N–H and O–H groups in total. The summed E-state index contributed by atoms with van der Waals surface area (Å²) in [6.07, 6.45) is 2.74. The number of hydrogen-bond acceptors (Lipinski definition) is 3. The molecule has 0 unspecified atom stereocenters. The highest BCUT2D eigenvalue weighted by Gasteiger charge is 2.26. The second-order valence-electron chi connectivity index (χ2n) is 4.79. The highest BCUT2D eigenvalue weighted by Crippen LogP contribution is 2.32. The molecule has 16 heavy (non-hydrogen) atoms. The van der Waals surface area contributed by atoms with Gasteiger partial charge in [0.15, 0.2) is 0 Å². The highest BCUT2D eigenvalue weighted by atomic mass is 79.9. The zero-order chi connectivity index (χ0) is 11.7. The third-order valence-corrected chi connectivity index (χ3v) is 3.27. The van der Waals surface area contributed by atoms with E-state index in [0.29, 0.717) is 6.04 Å². The minimum atomic E-state index is 0.488. The van der Waals surface area contributed by atoms with Gasteiger partial charge in [-0.1, -0.05) is 0 Å². The van der Waals surface area contributed by atoms with Crippen LogP contribution >= 0.6 is 15.9 Å². The van der Waals surface area contributed by atoms with Crippen LogP contribution in [0.5, 0.6) is 0 Å². The molecule has 2 rings (SSSR count). The quantitative estimate of drug-likeness (QED) is 0.795. The summed E-state index contributed by atoms with van der Waals surface area (Å²) in [5.74, 6) is 2.74. The molecule has 1 aromatic rings. The van der Waals surface area contributed by atoms with Gasteiger partial charge >= 0.3 is 0 Å². The van der Waals surface area contributed by atoms with E-state index in [1.807, 2.05) is 13.0 Å². The summed E-state index contributed by atoms with van der Waals surface area (Å²) in [5, 5.41) is 0. The minimum absolute atomic E-state index is 0.488. The third-order valence-electron chi connectivity index (χ3n) is 2.86. The van der Waals surface area contributed by atoms with Crippen molar-refractivity contribution < 1.29 is 0 Å². The smallest absolute Gasteiger partial charge is 0.133 e. The van der Waals surface area contributed by atoms with E-state index in [1.165, 1.54) is 12.8 Å². The maximum Gasteiger partial charge on any atom is 0.133 e. The normalized spacial score (nSPS) is 15.6. The molecule has 0 spiro atoms. The Morgan fingerprint density at radius 1 is 1.44 bits per heavy atom. The van der Waals surface area contributed by atoms with E-state index < -0.39 is 0 Å². The lowest BCUT2D eigenvalue weighted by Gasteiger charge is -2.28. The number of halogens is 1. The Kier molecular flexibility index (Phi) is 3.47. The van der Waals surface area contributed by atoms with Crippen LogP contribution < -0.4 is 4.90 Å². The monoisotopic (exact) mass is 283 g/mol. The van der Waals surface area contributed by atoms with E-state index in [0.717, 1.165) is 28.7 Å². The second kappa shape index (κ2) is 4.70. The molecule has 0 aliphatic heterocycles. The molecule has 3 nitrogen and oxygen atoms in total. The van der Waals surface area contributed by atoms with Crippen molar-refractivity contribution in [3.05, 3.63) is 16.5 Å². The van der Waals surface area contributed by atoms with Crippen LogP contribution in [0.2, 0.25) is 0 Å². The molecule has 1 aliphatic carbocycles. The summed E-state index contributed by atoms with van der Waals surface area (Å²) >= 11 is 3.43. The van der Waals surface area contributed by atoms with Gasteiger partial charge < -0.3 is 4.90 Å². The maximum absolute atomic E-state index is 4.52. The molecule has 0 amide bonds. The van der Waals surface area contributed by atoms with Crippen molar-refractivity contribution in [2.24, 2.45) is 5.92 Å². The Morgan fingerprint density at radius 2 is 2.12 bits per heavy atom. The van der Waals surface area contributed by atoms with Crippen molar-refractivity contribution in [2.45, 2.75) is 39.7 Å². The number of anilines is 1. The zero-order valence-corrected chi connectivity index (χ0v) is 11.7. The van der Waals surface area contributed by atoms with E-state index in [-0.39, 0.29) is 0 Å². The average molecular weight is 284 g/mol. The Balaban J connectivity index is 2.22. The number of nitrogens with zero attached hydrogens (tertiary/aromatic N) is 3. The summed E-state index contributed by atoms with van der Waals surface area (Å²) in [4.78, 5) is 11.1. The van der Waals surface area contributed by atoms with Crippen LogP contribution in [0.1, 0.15) is 32.5 Å². The topological polar surface area (TPSA) is 29.0 Å². The lowest BCUT2D eigenvalue weighted by Crippen LogP contribution is -2.33. The Bertz CT molecular complexity index is 354. The molecule has 1 aliphatic rings. The fourth-order valence-electron chi connectivity index (χ4n) is 1.81. The van der Waals surface area contributed by atoms with E-state index >= 15 is 0 Å². The molecule has 0 radical (unpaired) electrons. The van der Waals surface area contributed by atoms with Gasteiger partial charge in [0.05, 0.1) is 0 Å². The Hall–Kier alpha value is -0.640. The molecular weight excluding hydrogens is 266 g/mol. The molecule has 1 aromatic heterocycles. The minimum Gasteiger partial charge on any atom is -0.354 e. The van der Waals surface area contributed by atoms with Gasteiger partial charge in [-0.25, -0.2) is 9.97 Å². The lowest BCUT2D eigenvalue weighted by molar-refractivity contribution is 0.634. The van der Waals surface area contributed by atoms with E-state index in [9.17, 15) is 0 Å².